The number of aliphatic hydroxyl groups excluding tert-OH is 1. The van der Waals surface area contributed by atoms with E-state index < -0.39 is 0 Å². The molecule has 0 saturated carbocycles. The fraction of sp³-hybridized carbons (Fsp3) is 0.125. The average molecular weight is 272 g/mol. The van der Waals surface area contributed by atoms with Gasteiger partial charge >= 0.3 is 0 Å². The minimum atomic E-state index is -0.256. The van der Waals surface area contributed by atoms with Gasteiger partial charge in [0.2, 0.25) is 0 Å². The molecule has 0 atom stereocenters. The Morgan fingerprint density at radius 2 is 1.89 bits per heavy atom. The van der Waals surface area contributed by atoms with E-state index in [2.05, 4.69) is 11.8 Å². The molecule has 1 nitrogen and oxygen atoms in total. The highest BCUT2D eigenvalue weighted by molar-refractivity contribution is 7.98. The lowest BCUT2D eigenvalue weighted by molar-refractivity contribution is 0.350. The topological polar surface area (TPSA) is 20.2 Å². The summed E-state index contributed by atoms with van der Waals surface area (Å²) < 4.78 is 13.8. The summed E-state index contributed by atoms with van der Waals surface area (Å²) >= 11 is 1.60. The number of thioether (sulfide) groups is 1. The van der Waals surface area contributed by atoms with E-state index in [1.807, 2.05) is 30.3 Å². The summed E-state index contributed by atoms with van der Waals surface area (Å²) in [6.07, 6.45) is 0. The molecule has 2 aromatic rings. The van der Waals surface area contributed by atoms with Gasteiger partial charge in [0.05, 0.1) is 0 Å². The summed E-state index contributed by atoms with van der Waals surface area (Å²) in [6, 6.07) is 14.8. The number of benzene rings is 2. The zero-order chi connectivity index (χ0) is 13.5. The normalized spacial score (nSPS) is 9.79. The van der Waals surface area contributed by atoms with Crippen LogP contribution in [0.15, 0.2) is 53.4 Å². The fourth-order valence-electron chi connectivity index (χ4n) is 1.56. The molecule has 0 aliphatic carbocycles. The van der Waals surface area contributed by atoms with Gasteiger partial charge in [0.1, 0.15) is 12.4 Å². The van der Waals surface area contributed by atoms with E-state index in [4.69, 9.17) is 5.11 Å². The first-order valence-electron chi connectivity index (χ1n) is 5.85. The maximum Gasteiger partial charge on any atom is 0.128 e. The van der Waals surface area contributed by atoms with E-state index >= 15 is 0 Å². The van der Waals surface area contributed by atoms with E-state index in [1.165, 1.54) is 6.07 Å². The van der Waals surface area contributed by atoms with Gasteiger partial charge in [-0.25, -0.2) is 4.39 Å². The van der Waals surface area contributed by atoms with E-state index in [9.17, 15) is 4.39 Å². The number of halogens is 1. The lowest BCUT2D eigenvalue weighted by atomic mass is 10.1. The smallest absolute Gasteiger partial charge is 0.128 e. The van der Waals surface area contributed by atoms with Crippen LogP contribution in [0.2, 0.25) is 0 Å². The van der Waals surface area contributed by atoms with Crippen molar-refractivity contribution in [2.45, 2.75) is 10.6 Å². The molecule has 96 valence electrons. The Hall–Kier alpha value is -1.76. The monoisotopic (exact) mass is 272 g/mol. The predicted octanol–water partition coefficient (Wildman–Crippen LogP) is 3.46. The zero-order valence-electron chi connectivity index (χ0n) is 10.3. The lowest BCUT2D eigenvalue weighted by Crippen LogP contribution is -1.89. The third-order valence-corrected chi connectivity index (χ3v) is 3.56. The Bertz CT molecular complexity index is 599. The van der Waals surface area contributed by atoms with Crippen molar-refractivity contribution < 1.29 is 9.50 Å². The molecule has 0 unspecified atom stereocenters. The molecule has 0 aliphatic heterocycles. The largest absolute Gasteiger partial charge is 0.384 e. The SMILES string of the molecule is OCC#Cc1ccc(CSc2ccccc2)c(F)c1. The molecule has 0 aromatic heterocycles. The molecule has 0 spiro atoms. The van der Waals surface area contributed by atoms with Crippen LogP contribution in [0.3, 0.4) is 0 Å². The van der Waals surface area contributed by atoms with Crippen LogP contribution in [0.5, 0.6) is 0 Å². The molecule has 19 heavy (non-hydrogen) atoms. The summed E-state index contributed by atoms with van der Waals surface area (Å²) in [5.41, 5.74) is 1.24. The Morgan fingerprint density at radius 3 is 2.58 bits per heavy atom. The van der Waals surface area contributed by atoms with Crippen LogP contribution < -0.4 is 0 Å². The summed E-state index contributed by atoms with van der Waals surface area (Å²) in [5.74, 6) is 5.52. The first kappa shape index (κ1) is 13.7. The molecule has 0 radical (unpaired) electrons. The number of hydrogen-bond donors (Lipinski definition) is 1. The van der Waals surface area contributed by atoms with Gasteiger partial charge in [0.25, 0.3) is 0 Å². The molecule has 2 rings (SSSR count). The Labute approximate surface area is 116 Å². The second kappa shape index (κ2) is 6.98. The molecular weight excluding hydrogens is 259 g/mol. The Balaban J connectivity index is 2.05. The summed E-state index contributed by atoms with van der Waals surface area (Å²) in [5, 5.41) is 8.59. The van der Waals surface area contributed by atoms with Crippen molar-refractivity contribution in [1.29, 1.82) is 0 Å². The van der Waals surface area contributed by atoms with Crippen molar-refractivity contribution in [3.8, 4) is 11.8 Å². The molecule has 0 heterocycles. The highest BCUT2D eigenvalue weighted by Gasteiger charge is 2.03. The van der Waals surface area contributed by atoms with E-state index in [1.54, 1.807) is 23.9 Å². The van der Waals surface area contributed by atoms with Crippen LogP contribution in [0.1, 0.15) is 11.1 Å². The number of rotatable bonds is 3. The number of hydrogen-bond acceptors (Lipinski definition) is 2. The molecule has 0 bridgehead atoms. The van der Waals surface area contributed by atoms with Crippen molar-refractivity contribution in [2.75, 3.05) is 6.61 Å². The maximum atomic E-state index is 13.8. The predicted molar refractivity (Wildman–Crippen MR) is 76.4 cm³/mol. The lowest BCUT2D eigenvalue weighted by Gasteiger charge is -2.04. The molecule has 1 N–H and O–H groups in total. The van der Waals surface area contributed by atoms with Crippen molar-refractivity contribution in [1.82, 2.24) is 0 Å². The van der Waals surface area contributed by atoms with Gasteiger partial charge in [-0.3, -0.25) is 0 Å². The summed E-state index contributed by atoms with van der Waals surface area (Å²) in [6.45, 7) is -0.215. The first-order chi connectivity index (χ1) is 9.29. The van der Waals surface area contributed by atoms with E-state index in [0.29, 0.717) is 16.9 Å². The highest BCUT2D eigenvalue weighted by atomic mass is 32.2. The van der Waals surface area contributed by atoms with Crippen LogP contribution >= 0.6 is 11.8 Å². The Morgan fingerprint density at radius 1 is 1.11 bits per heavy atom. The van der Waals surface area contributed by atoms with Crippen LogP contribution in [-0.4, -0.2) is 11.7 Å². The summed E-state index contributed by atoms with van der Waals surface area (Å²) in [7, 11) is 0. The molecule has 2 aromatic carbocycles. The minimum absolute atomic E-state index is 0.215. The molecule has 0 aliphatic rings. The quantitative estimate of drug-likeness (QED) is 0.682. The van der Waals surface area contributed by atoms with Crippen LogP contribution in [0.25, 0.3) is 0 Å². The molecular formula is C16H13FOS. The minimum Gasteiger partial charge on any atom is -0.384 e. The second-order valence-corrected chi connectivity index (χ2v) is 4.92. The standard InChI is InChI=1S/C16H13FOS/c17-16-11-13(5-4-10-18)8-9-14(16)12-19-15-6-2-1-3-7-15/h1-3,6-9,11,18H,10,12H2. The molecule has 0 amide bonds. The van der Waals surface area contributed by atoms with Gasteiger partial charge < -0.3 is 5.11 Å². The Kier molecular flexibility index (Phi) is 5.02. The van der Waals surface area contributed by atoms with E-state index in [-0.39, 0.29) is 12.4 Å². The number of aliphatic hydroxyl groups is 1. The van der Waals surface area contributed by atoms with Gasteiger partial charge in [-0.15, -0.1) is 11.8 Å². The average Bonchev–Trinajstić information content (AvgIpc) is 2.45. The fourth-order valence-corrected chi connectivity index (χ4v) is 2.47. The van der Waals surface area contributed by atoms with Gasteiger partial charge in [-0.2, -0.15) is 0 Å². The third-order valence-electron chi connectivity index (χ3n) is 2.50. The van der Waals surface area contributed by atoms with E-state index in [0.717, 1.165) is 4.90 Å². The third kappa shape index (κ3) is 4.13. The van der Waals surface area contributed by atoms with Gasteiger partial charge in [0.15, 0.2) is 0 Å². The van der Waals surface area contributed by atoms with Gasteiger partial charge in [0, 0.05) is 16.2 Å². The first-order valence-corrected chi connectivity index (χ1v) is 6.84. The molecule has 0 saturated heterocycles. The summed E-state index contributed by atoms with van der Waals surface area (Å²) in [4.78, 5) is 1.12. The van der Waals surface area contributed by atoms with Crippen LogP contribution in [-0.2, 0) is 5.75 Å². The van der Waals surface area contributed by atoms with Crippen molar-refractivity contribution in [3.05, 3.63) is 65.5 Å². The molecule has 0 fully saturated rings. The second-order valence-electron chi connectivity index (χ2n) is 3.87. The van der Waals surface area contributed by atoms with Crippen LogP contribution in [0, 0.1) is 17.7 Å². The van der Waals surface area contributed by atoms with Gasteiger partial charge in [-0.05, 0) is 29.8 Å². The highest BCUT2D eigenvalue weighted by Crippen LogP contribution is 2.24. The van der Waals surface area contributed by atoms with Crippen molar-refractivity contribution in [2.24, 2.45) is 0 Å². The van der Waals surface area contributed by atoms with Crippen molar-refractivity contribution >= 4 is 11.8 Å². The molecule has 3 heteroatoms. The van der Waals surface area contributed by atoms with Gasteiger partial charge in [-0.1, -0.05) is 36.1 Å². The maximum absolute atomic E-state index is 13.8. The zero-order valence-corrected chi connectivity index (χ0v) is 11.1. The van der Waals surface area contributed by atoms with Crippen LogP contribution in [0.4, 0.5) is 4.39 Å². The van der Waals surface area contributed by atoms with Crippen molar-refractivity contribution in [3.63, 3.8) is 0 Å².